The third-order valence-electron chi connectivity index (χ3n) is 16.6. The minimum Gasteiger partial charge on any atom is -0.458 e. The van der Waals surface area contributed by atoms with Gasteiger partial charge in [0.1, 0.15) is 11.5 Å². The van der Waals surface area contributed by atoms with E-state index in [1.807, 2.05) is 0 Å². The first-order valence-electron chi connectivity index (χ1n) is 24.8. The molecule has 4 heteroatoms. The number of ether oxygens (including phenoxy) is 1. The van der Waals surface area contributed by atoms with E-state index < -0.39 is 5.41 Å². The molecule has 71 heavy (non-hydrogen) atoms. The minimum absolute atomic E-state index is 0.0931. The number of hydrogen-bond donors (Lipinski definition) is 0. The molecular weight excluding hydrogens is 860 g/mol. The maximum Gasteiger partial charge on any atom is 0.256 e. The highest BCUT2D eigenvalue weighted by Gasteiger charge is 2.54. The maximum absolute atomic E-state index is 7.51. The third kappa shape index (κ3) is 4.57. The van der Waals surface area contributed by atoms with Crippen LogP contribution in [0, 0.1) is 0 Å². The average Bonchev–Trinajstić information content (AvgIpc) is 4.18. The Morgan fingerprint density at radius 1 is 0.380 bits per heavy atom. The first kappa shape index (κ1) is 37.8. The predicted octanol–water partition coefficient (Wildman–Crippen LogP) is 14.5. The van der Waals surface area contributed by atoms with Crippen LogP contribution in [0.3, 0.4) is 0 Å². The van der Waals surface area contributed by atoms with Gasteiger partial charge < -0.3 is 13.9 Å². The van der Waals surface area contributed by atoms with Crippen LogP contribution in [0.25, 0.3) is 99.5 Å². The molecule has 3 nitrogen and oxygen atoms in total. The Morgan fingerprint density at radius 3 is 1.62 bits per heavy atom. The Morgan fingerprint density at radius 2 is 0.930 bits per heavy atom. The van der Waals surface area contributed by atoms with Gasteiger partial charge in [0, 0.05) is 43.9 Å². The van der Waals surface area contributed by atoms with Crippen molar-refractivity contribution in [2.24, 2.45) is 0 Å². The molecule has 0 saturated heterocycles. The number of nitrogens with zero attached hydrogens (tertiary/aromatic N) is 2. The van der Waals surface area contributed by atoms with Crippen molar-refractivity contribution in [1.82, 2.24) is 9.13 Å². The molecule has 0 atom stereocenters. The smallest absolute Gasteiger partial charge is 0.256 e. The summed E-state index contributed by atoms with van der Waals surface area (Å²) in [7, 11) is 0. The molecule has 0 saturated carbocycles. The summed E-state index contributed by atoms with van der Waals surface area (Å²) in [5, 5.41) is 4.97. The van der Waals surface area contributed by atoms with Crippen LogP contribution >= 0.6 is 0 Å². The zero-order valence-electron chi connectivity index (χ0n) is 38.4. The van der Waals surface area contributed by atoms with Crippen LogP contribution in [0.2, 0.25) is 0 Å². The fourth-order valence-electron chi connectivity index (χ4n) is 14.0. The second kappa shape index (κ2) is 13.6. The van der Waals surface area contributed by atoms with Crippen LogP contribution in [0.15, 0.2) is 237 Å². The van der Waals surface area contributed by atoms with Crippen LogP contribution in [-0.4, -0.2) is 15.8 Å². The molecule has 4 aliphatic rings. The number of hydrogen-bond acceptors (Lipinski definition) is 1. The topological polar surface area (TPSA) is 19.1 Å². The van der Waals surface area contributed by atoms with Crippen LogP contribution in [0.4, 0.5) is 0 Å². The van der Waals surface area contributed by atoms with E-state index in [9.17, 15) is 0 Å². The normalized spacial score (nSPS) is 13.8. The summed E-state index contributed by atoms with van der Waals surface area (Å²) in [5.41, 5.74) is 25.5. The van der Waals surface area contributed by atoms with Gasteiger partial charge >= 0.3 is 0 Å². The van der Waals surface area contributed by atoms with Gasteiger partial charge in [0.2, 0.25) is 0 Å². The third-order valence-corrected chi connectivity index (χ3v) is 16.6. The number of aromatic nitrogens is 2. The Labute approximate surface area is 410 Å². The van der Waals surface area contributed by atoms with E-state index in [1.54, 1.807) is 0 Å². The molecule has 0 radical (unpaired) electrons. The number of rotatable bonds is 3. The highest BCUT2D eigenvalue weighted by molar-refractivity contribution is 6.99. The van der Waals surface area contributed by atoms with Crippen molar-refractivity contribution < 1.29 is 4.74 Å². The number of benzene rings is 11. The molecule has 1 spiro atoms. The lowest BCUT2D eigenvalue weighted by molar-refractivity contribution is 0.488. The van der Waals surface area contributed by atoms with Gasteiger partial charge in [0.15, 0.2) is 0 Å². The molecular formula is C67H39BN2O. The van der Waals surface area contributed by atoms with E-state index in [1.165, 1.54) is 138 Å². The van der Waals surface area contributed by atoms with E-state index in [-0.39, 0.29) is 6.71 Å². The summed E-state index contributed by atoms with van der Waals surface area (Å²) in [6.45, 7) is -0.0931. The summed E-state index contributed by atoms with van der Waals surface area (Å²) < 4.78 is 12.7. The summed E-state index contributed by atoms with van der Waals surface area (Å²) in [4.78, 5) is 0. The molecule has 2 aliphatic heterocycles. The monoisotopic (exact) mass is 898 g/mol. The number of para-hydroxylation sites is 3. The van der Waals surface area contributed by atoms with Gasteiger partial charge in [0.25, 0.3) is 6.71 Å². The highest BCUT2D eigenvalue weighted by atomic mass is 16.5. The molecule has 2 aliphatic carbocycles. The van der Waals surface area contributed by atoms with Crippen molar-refractivity contribution in [1.29, 1.82) is 0 Å². The zero-order chi connectivity index (χ0) is 46.1. The molecule has 17 rings (SSSR count). The summed E-state index contributed by atoms with van der Waals surface area (Å²) >= 11 is 0. The van der Waals surface area contributed by atoms with Crippen molar-refractivity contribution in [2.45, 2.75) is 5.41 Å². The van der Waals surface area contributed by atoms with E-state index in [2.05, 4.69) is 246 Å². The summed E-state index contributed by atoms with van der Waals surface area (Å²) in [6.07, 6.45) is 0. The predicted molar refractivity (Wildman–Crippen MR) is 293 cm³/mol. The van der Waals surface area contributed by atoms with Gasteiger partial charge in [-0.15, -0.1) is 0 Å². The van der Waals surface area contributed by atoms with Crippen LogP contribution in [0.5, 0.6) is 11.5 Å². The Balaban J connectivity index is 1.01. The van der Waals surface area contributed by atoms with E-state index >= 15 is 0 Å². The molecule has 11 aromatic carbocycles. The van der Waals surface area contributed by atoms with Crippen molar-refractivity contribution >= 4 is 66.7 Å². The summed E-state index contributed by atoms with van der Waals surface area (Å²) in [6, 6.07) is 88.1. The molecule has 0 N–H and O–H groups in total. The Hall–Kier alpha value is -9.12. The van der Waals surface area contributed by atoms with Gasteiger partial charge in [-0.05, 0) is 90.7 Å². The van der Waals surface area contributed by atoms with Gasteiger partial charge in [-0.25, -0.2) is 0 Å². The molecule has 0 fully saturated rings. The molecule has 0 amide bonds. The average molecular weight is 899 g/mol. The molecule has 0 bridgehead atoms. The quantitative estimate of drug-likeness (QED) is 0.162. The molecule has 2 aromatic heterocycles. The maximum atomic E-state index is 7.51. The van der Waals surface area contributed by atoms with Crippen LogP contribution in [0.1, 0.15) is 22.3 Å². The van der Waals surface area contributed by atoms with E-state index in [0.717, 1.165) is 11.5 Å². The molecule has 326 valence electrons. The zero-order valence-corrected chi connectivity index (χ0v) is 38.4. The second-order valence-corrected chi connectivity index (χ2v) is 19.7. The Kier molecular flexibility index (Phi) is 7.22. The van der Waals surface area contributed by atoms with Crippen molar-refractivity contribution in [2.75, 3.05) is 0 Å². The van der Waals surface area contributed by atoms with Gasteiger partial charge in [-0.1, -0.05) is 212 Å². The van der Waals surface area contributed by atoms with Crippen molar-refractivity contribution in [3.63, 3.8) is 0 Å². The lowest BCUT2D eigenvalue weighted by Crippen LogP contribution is -2.58. The lowest BCUT2D eigenvalue weighted by Gasteiger charge is -2.35. The fourth-order valence-corrected chi connectivity index (χ4v) is 14.0. The molecule has 13 aromatic rings. The lowest BCUT2D eigenvalue weighted by atomic mass is 9.34. The highest BCUT2D eigenvalue weighted by Crippen LogP contribution is 2.64. The second-order valence-electron chi connectivity index (χ2n) is 19.7. The van der Waals surface area contributed by atoms with Crippen molar-refractivity contribution in [3.05, 3.63) is 259 Å². The van der Waals surface area contributed by atoms with Gasteiger partial charge in [0.05, 0.1) is 33.2 Å². The first-order valence-corrected chi connectivity index (χ1v) is 24.8. The SMILES string of the molecule is c1ccc(-c2cccc(-c3ccccc3)c2-n2c3ccccc3c3cc4c5c(c6ccccc6n5-c5cccc6c5B4c4ccc5c(c4O6)-c4ccccc4C54c5ccccc5-c5ccccc54)c32)cc1. The minimum atomic E-state index is -0.471. The largest absolute Gasteiger partial charge is 0.458 e. The standard InChI is InChI=1S/C67H39BN2O/c1-3-19-40(20-4-1)42-28-17-29-43(41-21-5-2-6-22-41)63(42)70-56-33-15-10-25-46(56)49-39-55-65-61(64(49)70)48-27-11-16-34-57(48)69(65)58-35-18-36-59-62(58)68(55)54-38-37-53-60(66(54)71-59)47-26-9-14-32-52(47)67(53)50-30-12-7-23-44(50)45-24-8-13-31-51(45)67/h1-39H. The van der Waals surface area contributed by atoms with Gasteiger partial charge in [-0.2, -0.15) is 0 Å². The molecule has 0 unspecified atom stereocenters. The van der Waals surface area contributed by atoms with Crippen LogP contribution < -0.4 is 21.1 Å². The van der Waals surface area contributed by atoms with Crippen molar-refractivity contribution in [3.8, 4) is 67.4 Å². The van der Waals surface area contributed by atoms with Crippen LogP contribution in [-0.2, 0) is 5.41 Å². The Bertz CT molecular complexity index is 4400. The van der Waals surface area contributed by atoms with Gasteiger partial charge in [-0.3, -0.25) is 0 Å². The fraction of sp³-hybridized carbons (Fsp3) is 0.0149. The number of fused-ring (bicyclic) bond motifs is 22. The summed E-state index contributed by atoms with van der Waals surface area (Å²) in [5.74, 6) is 1.88. The first-order chi connectivity index (χ1) is 35.3. The van der Waals surface area contributed by atoms with E-state index in [0.29, 0.717) is 0 Å². The molecule has 4 heterocycles. The van der Waals surface area contributed by atoms with E-state index in [4.69, 9.17) is 4.74 Å².